The molecule has 11 heteroatoms. The van der Waals surface area contributed by atoms with E-state index in [2.05, 4.69) is 5.32 Å². The zero-order chi connectivity index (χ0) is 26.5. The van der Waals surface area contributed by atoms with Crippen molar-refractivity contribution in [3.05, 3.63) is 86.9 Å². The lowest BCUT2D eigenvalue weighted by Gasteiger charge is -2.24. The molecule has 0 aromatic heterocycles. The van der Waals surface area contributed by atoms with E-state index in [0.717, 1.165) is 9.87 Å². The first-order chi connectivity index (χ1) is 17.0. The molecule has 7 nitrogen and oxygen atoms in total. The maximum atomic E-state index is 13.5. The lowest BCUT2D eigenvalue weighted by atomic mass is 10.1. The Hall–Kier alpha value is -2.49. The van der Waals surface area contributed by atoms with Gasteiger partial charge in [-0.05, 0) is 66.6 Å². The summed E-state index contributed by atoms with van der Waals surface area (Å²) in [5.41, 5.74) is 1.26. The van der Waals surface area contributed by atoms with Crippen LogP contribution >= 0.6 is 34.8 Å². The van der Waals surface area contributed by atoms with Crippen LogP contribution in [0.25, 0.3) is 0 Å². The molecule has 0 bridgehead atoms. The molecule has 192 valence electrons. The number of halogens is 3. The van der Waals surface area contributed by atoms with E-state index in [9.17, 15) is 13.2 Å². The number of hydrogen-bond donors (Lipinski definition) is 1. The van der Waals surface area contributed by atoms with Crippen molar-refractivity contribution in [1.82, 2.24) is 9.62 Å². The minimum atomic E-state index is -4.07. The van der Waals surface area contributed by atoms with Gasteiger partial charge >= 0.3 is 0 Å². The van der Waals surface area contributed by atoms with Crippen LogP contribution in [-0.4, -0.2) is 39.4 Å². The Labute approximate surface area is 225 Å². The summed E-state index contributed by atoms with van der Waals surface area (Å²) in [7, 11) is -1.02. The molecule has 0 spiro atoms. The van der Waals surface area contributed by atoms with Gasteiger partial charge < -0.3 is 14.8 Å². The lowest BCUT2D eigenvalue weighted by Crippen LogP contribution is -2.41. The van der Waals surface area contributed by atoms with Crippen LogP contribution < -0.4 is 14.8 Å². The summed E-state index contributed by atoms with van der Waals surface area (Å²) in [6.07, 6.45) is 0. The summed E-state index contributed by atoms with van der Waals surface area (Å²) < 4.78 is 38.6. The summed E-state index contributed by atoms with van der Waals surface area (Å²) in [6, 6.07) is 15.3. The fraction of sp³-hybridized carbons (Fsp3) is 0.240. The normalized spacial score (nSPS) is 12.3. The summed E-state index contributed by atoms with van der Waals surface area (Å²) >= 11 is 18.2. The van der Waals surface area contributed by atoms with Crippen LogP contribution in [-0.2, 0) is 21.4 Å². The number of carbonyl (C=O) groups is 1. The fourth-order valence-corrected chi connectivity index (χ4v) is 5.44. The quantitative estimate of drug-likeness (QED) is 0.336. The molecule has 0 radical (unpaired) electrons. The Bertz CT molecular complexity index is 1330. The Morgan fingerprint density at radius 2 is 1.56 bits per heavy atom. The molecule has 0 aliphatic rings. The van der Waals surface area contributed by atoms with Crippen LogP contribution in [0.5, 0.6) is 11.5 Å². The highest BCUT2D eigenvalue weighted by molar-refractivity contribution is 7.89. The number of nitrogens with one attached hydrogen (secondary N) is 1. The number of nitrogens with zero attached hydrogens (tertiary/aromatic N) is 1. The molecule has 36 heavy (non-hydrogen) atoms. The Kier molecular flexibility index (Phi) is 9.49. The van der Waals surface area contributed by atoms with Crippen molar-refractivity contribution < 1.29 is 22.7 Å². The van der Waals surface area contributed by atoms with Gasteiger partial charge in [0.2, 0.25) is 15.9 Å². The maximum Gasteiger partial charge on any atom is 0.243 e. The molecule has 1 N–H and O–H groups in total. The minimum Gasteiger partial charge on any atom is -0.493 e. The lowest BCUT2D eigenvalue weighted by molar-refractivity contribution is -0.122. The molecule has 0 saturated heterocycles. The average Bonchev–Trinajstić information content (AvgIpc) is 2.84. The Morgan fingerprint density at radius 1 is 0.917 bits per heavy atom. The molecular formula is C25H25Cl3N2O5S. The van der Waals surface area contributed by atoms with E-state index in [1.165, 1.54) is 44.6 Å². The number of ether oxygens (including phenoxy) is 2. The van der Waals surface area contributed by atoms with E-state index < -0.39 is 28.5 Å². The van der Waals surface area contributed by atoms with Crippen LogP contribution in [0.4, 0.5) is 0 Å². The van der Waals surface area contributed by atoms with Gasteiger partial charge in [-0.15, -0.1) is 0 Å². The van der Waals surface area contributed by atoms with Crippen LogP contribution in [0.1, 0.15) is 24.1 Å². The molecule has 0 aliphatic carbocycles. The highest BCUT2D eigenvalue weighted by Gasteiger charge is 2.28. The molecule has 0 heterocycles. The summed E-state index contributed by atoms with van der Waals surface area (Å²) in [5, 5.41) is 3.94. The van der Waals surface area contributed by atoms with Crippen molar-refractivity contribution in [3.8, 4) is 11.5 Å². The first-order valence-electron chi connectivity index (χ1n) is 10.8. The standard InChI is InChI=1S/C25H25Cl3N2O5S/c1-16(17-5-11-23(34-2)24(12-17)35-3)29-25(31)15-30(14-18-4-6-20(27)13-22(18)28)36(32,33)21-9-7-19(26)8-10-21/h4-13,16H,14-15H2,1-3H3,(H,29,31)/t16-/m0/s1. The van der Waals surface area contributed by atoms with E-state index in [1.54, 1.807) is 37.3 Å². The van der Waals surface area contributed by atoms with E-state index in [-0.39, 0.29) is 16.5 Å². The van der Waals surface area contributed by atoms with Gasteiger partial charge in [-0.2, -0.15) is 4.31 Å². The van der Waals surface area contributed by atoms with Crippen molar-refractivity contribution in [1.29, 1.82) is 0 Å². The third kappa shape index (κ3) is 6.83. The molecule has 0 unspecified atom stereocenters. The molecule has 1 amide bonds. The number of sulfonamides is 1. The van der Waals surface area contributed by atoms with E-state index in [0.29, 0.717) is 27.1 Å². The largest absolute Gasteiger partial charge is 0.493 e. The van der Waals surface area contributed by atoms with Crippen molar-refractivity contribution in [2.45, 2.75) is 24.4 Å². The van der Waals surface area contributed by atoms with Crippen LogP contribution in [0.2, 0.25) is 15.1 Å². The molecular weight excluding hydrogens is 547 g/mol. The molecule has 0 aliphatic heterocycles. The number of benzene rings is 3. The van der Waals surface area contributed by atoms with Crippen LogP contribution in [0, 0.1) is 0 Å². The molecule has 3 aromatic rings. The van der Waals surface area contributed by atoms with E-state index in [4.69, 9.17) is 44.3 Å². The molecule has 3 rings (SSSR count). The number of rotatable bonds is 10. The summed E-state index contributed by atoms with van der Waals surface area (Å²) in [6.45, 7) is 1.20. The number of hydrogen-bond acceptors (Lipinski definition) is 5. The average molecular weight is 572 g/mol. The first kappa shape index (κ1) is 28.1. The van der Waals surface area contributed by atoms with Crippen molar-refractivity contribution in [3.63, 3.8) is 0 Å². The van der Waals surface area contributed by atoms with Crippen molar-refractivity contribution in [2.75, 3.05) is 20.8 Å². The molecule has 0 saturated carbocycles. The smallest absolute Gasteiger partial charge is 0.243 e. The van der Waals surface area contributed by atoms with Gasteiger partial charge in [-0.1, -0.05) is 46.9 Å². The van der Waals surface area contributed by atoms with Gasteiger partial charge in [-0.3, -0.25) is 4.79 Å². The second-order valence-electron chi connectivity index (χ2n) is 7.87. The summed E-state index contributed by atoms with van der Waals surface area (Å²) in [5.74, 6) is 0.570. The fourth-order valence-electron chi connectivity index (χ4n) is 3.47. The van der Waals surface area contributed by atoms with Gasteiger partial charge in [0.05, 0.1) is 31.7 Å². The van der Waals surface area contributed by atoms with Gasteiger partial charge in [0.25, 0.3) is 0 Å². The summed E-state index contributed by atoms with van der Waals surface area (Å²) in [4.78, 5) is 13.0. The molecule has 3 aromatic carbocycles. The van der Waals surface area contributed by atoms with Gasteiger partial charge in [0, 0.05) is 21.6 Å². The first-order valence-corrected chi connectivity index (χ1v) is 13.3. The molecule has 0 fully saturated rings. The predicted molar refractivity (Wildman–Crippen MR) is 142 cm³/mol. The maximum absolute atomic E-state index is 13.5. The van der Waals surface area contributed by atoms with Gasteiger partial charge in [-0.25, -0.2) is 8.42 Å². The second-order valence-corrected chi connectivity index (χ2v) is 11.1. The van der Waals surface area contributed by atoms with Crippen molar-refractivity contribution >= 4 is 50.7 Å². The van der Waals surface area contributed by atoms with Gasteiger partial charge in [0.15, 0.2) is 11.5 Å². The highest BCUT2D eigenvalue weighted by Crippen LogP contribution is 2.30. The topological polar surface area (TPSA) is 84.9 Å². The Morgan fingerprint density at radius 3 is 2.17 bits per heavy atom. The van der Waals surface area contributed by atoms with Crippen LogP contribution in [0.15, 0.2) is 65.6 Å². The third-order valence-electron chi connectivity index (χ3n) is 5.42. The zero-order valence-corrected chi connectivity index (χ0v) is 22.9. The molecule has 1 atom stereocenters. The minimum absolute atomic E-state index is 0.00211. The number of amides is 1. The third-order valence-corrected chi connectivity index (χ3v) is 8.06. The van der Waals surface area contributed by atoms with Crippen molar-refractivity contribution in [2.24, 2.45) is 0 Å². The monoisotopic (exact) mass is 570 g/mol. The number of methoxy groups -OCH3 is 2. The number of carbonyl (C=O) groups excluding carboxylic acids is 1. The SMILES string of the molecule is COc1ccc([C@H](C)NC(=O)CN(Cc2ccc(Cl)cc2Cl)S(=O)(=O)c2ccc(Cl)cc2)cc1OC. The van der Waals surface area contributed by atoms with E-state index in [1.807, 2.05) is 0 Å². The van der Waals surface area contributed by atoms with Crippen LogP contribution in [0.3, 0.4) is 0 Å². The zero-order valence-electron chi connectivity index (χ0n) is 19.8. The Balaban J connectivity index is 1.86. The second kappa shape index (κ2) is 12.2. The van der Waals surface area contributed by atoms with Gasteiger partial charge in [0.1, 0.15) is 0 Å². The highest BCUT2D eigenvalue weighted by atomic mass is 35.5. The van der Waals surface area contributed by atoms with E-state index >= 15 is 0 Å². The predicted octanol–water partition coefficient (Wildman–Crippen LogP) is 5.73.